The zero-order valence-electron chi connectivity index (χ0n) is 14.7. The number of hydrogen-bond acceptors (Lipinski definition) is 6. The molecule has 0 saturated heterocycles. The molecule has 0 saturated carbocycles. The molecule has 1 unspecified atom stereocenters. The first-order valence-corrected chi connectivity index (χ1v) is 7.82. The van der Waals surface area contributed by atoms with Crippen molar-refractivity contribution in [2.75, 3.05) is 5.06 Å². The van der Waals surface area contributed by atoms with E-state index in [4.69, 9.17) is 4.74 Å². The topological polar surface area (TPSA) is 91.8 Å². The number of nitrogens with one attached hydrogen (secondary N) is 1. The second-order valence-corrected chi connectivity index (χ2v) is 6.60. The Morgan fingerprint density at radius 2 is 1.85 bits per heavy atom. The van der Waals surface area contributed by atoms with Crippen LogP contribution in [0.4, 0.5) is 18.9 Å². The van der Waals surface area contributed by atoms with Gasteiger partial charge in [0.15, 0.2) is 0 Å². The summed E-state index contributed by atoms with van der Waals surface area (Å²) < 4.78 is 43.0. The molecule has 1 aromatic carbocycles. The third-order valence-corrected chi connectivity index (χ3v) is 3.27. The van der Waals surface area contributed by atoms with Crippen molar-refractivity contribution in [3.05, 3.63) is 36.5 Å². The van der Waals surface area contributed by atoms with Crippen molar-refractivity contribution in [1.82, 2.24) is 10.3 Å². The third kappa shape index (κ3) is 5.07. The zero-order valence-corrected chi connectivity index (χ0v) is 14.7. The molecule has 0 bridgehead atoms. The van der Waals surface area contributed by atoms with E-state index in [9.17, 15) is 28.0 Å². The minimum absolute atomic E-state index is 0.0288. The lowest BCUT2D eigenvalue weighted by Gasteiger charge is -2.30. The van der Waals surface area contributed by atoms with Crippen molar-refractivity contribution < 1.29 is 32.7 Å². The first kappa shape index (κ1) is 20.4. The highest BCUT2D eigenvalue weighted by Crippen LogP contribution is 2.26. The number of aromatic nitrogens is 1. The monoisotopic (exact) mass is 385 g/mol. The summed E-state index contributed by atoms with van der Waals surface area (Å²) in [5.41, 5.74) is -0.655. The summed E-state index contributed by atoms with van der Waals surface area (Å²) in [5, 5.41) is 12.5. The number of carbonyl (C=O) groups excluding carboxylic acids is 2. The summed E-state index contributed by atoms with van der Waals surface area (Å²) in [6.07, 6.45) is -5.88. The second kappa shape index (κ2) is 7.39. The van der Waals surface area contributed by atoms with Gasteiger partial charge in [-0.15, -0.1) is 0 Å². The summed E-state index contributed by atoms with van der Waals surface area (Å²) in [6.45, 7) is 4.49. The van der Waals surface area contributed by atoms with Gasteiger partial charge in [-0.3, -0.25) is 15.0 Å². The molecule has 0 spiro atoms. The number of amides is 1. The van der Waals surface area contributed by atoms with E-state index in [1.165, 1.54) is 44.4 Å². The summed E-state index contributed by atoms with van der Waals surface area (Å²) in [4.78, 5) is 27.8. The molecule has 0 fully saturated rings. The molecule has 146 valence electrons. The molecule has 27 heavy (non-hydrogen) atoms. The Hall–Kier alpha value is -2.88. The van der Waals surface area contributed by atoms with Gasteiger partial charge >= 0.3 is 18.1 Å². The largest absolute Gasteiger partial charge is 0.471 e. The quantitative estimate of drug-likeness (QED) is 0.478. The fourth-order valence-corrected chi connectivity index (χ4v) is 2.21. The van der Waals surface area contributed by atoms with Gasteiger partial charge in [-0.05, 0) is 45.0 Å². The van der Waals surface area contributed by atoms with Gasteiger partial charge in [0.25, 0.3) is 0 Å². The van der Waals surface area contributed by atoms with Crippen molar-refractivity contribution >= 4 is 28.5 Å². The van der Waals surface area contributed by atoms with E-state index >= 15 is 0 Å². The highest BCUT2D eigenvalue weighted by molar-refractivity contribution is 5.94. The molecule has 10 heteroatoms. The van der Waals surface area contributed by atoms with Crippen LogP contribution in [0, 0.1) is 0 Å². The van der Waals surface area contributed by atoms with Crippen LogP contribution in [0.15, 0.2) is 36.5 Å². The number of anilines is 1. The fraction of sp³-hybridized carbons (Fsp3) is 0.353. The number of ether oxygens (including phenoxy) is 1. The SMILES string of the molecule is CC(C)(C)OC(=O)C(NC(=O)C(F)(F)F)N(O)c1cccc2ncccc12. The number of fused-ring (bicyclic) bond motifs is 1. The van der Waals surface area contributed by atoms with Crippen molar-refractivity contribution in [2.45, 2.75) is 38.7 Å². The number of halogens is 3. The van der Waals surface area contributed by atoms with Gasteiger partial charge in [0.05, 0.1) is 11.2 Å². The van der Waals surface area contributed by atoms with E-state index in [1.54, 1.807) is 18.2 Å². The van der Waals surface area contributed by atoms with Crippen molar-refractivity contribution in [2.24, 2.45) is 0 Å². The van der Waals surface area contributed by atoms with Crippen LogP contribution in [0.25, 0.3) is 10.9 Å². The van der Waals surface area contributed by atoms with Crippen molar-refractivity contribution in [3.63, 3.8) is 0 Å². The minimum Gasteiger partial charge on any atom is -0.457 e. The van der Waals surface area contributed by atoms with Gasteiger partial charge in [-0.1, -0.05) is 6.07 Å². The number of hydroxylamine groups is 1. The maximum atomic E-state index is 12.7. The molecular weight excluding hydrogens is 367 g/mol. The lowest BCUT2D eigenvalue weighted by atomic mass is 10.1. The molecule has 0 radical (unpaired) electrons. The van der Waals surface area contributed by atoms with Crippen LogP contribution in [0.1, 0.15) is 20.8 Å². The highest BCUT2D eigenvalue weighted by atomic mass is 19.4. The second-order valence-electron chi connectivity index (χ2n) is 6.60. The summed E-state index contributed by atoms with van der Waals surface area (Å²) >= 11 is 0. The lowest BCUT2D eigenvalue weighted by Crippen LogP contribution is -2.56. The normalized spacial score (nSPS) is 13.1. The van der Waals surface area contributed by atoms with Crippen LogP contribution < -0.4 is 10.4 Å². The average molecular weight is 385 g/mol. The number of alkyl halides is 3. The number of pyridine rings is 1. The number of rotatable bonds is 4. The van der Waals surface area contributed by atoms with Crippen LogP contribution in [0.3, 0.4) is 0 Å². The number of carbonyl (C=O) groups is 2. The predicted molar refractivity (Wildman–Crippen MR) is 89.8 cm³/mol. The summed E-state index contributed by atoms with van der Waals surface area (Å²) in [6, 6.07) is 7.57. The molecule has 0 aliphatic heterocycles. The maximum absolute atomic E-state index is 12.7. The Bertz CT molecular complexity index is 844. The van der Waals surface area contributed by atoms with Gasteiger partial charge in [0, 0.05) is 11.6 Å². The van der Waals surface area contributed by atoms with Crippen LogP contribution >= 0.6 is 0 Å². The number of hydrogen-bond donors (Lipinski definition) is 2. The van der Waals surface area contributed by atoms with E-state index in [-0.39, 0.29) is 10.8 Å². The number of benzene rings is 1. The molecule has 2 rings (SSSR count). The van der Waals surface area contributed by atoms with Crippen LogP contribution in [0.2, 0.25) is 0 Å². The molecule has 1 amide bonds. The van der Waals surface area contributed by atoms with Gasteiger partial charge in [-0.25, -0.2) is 9.86 Å². The Balaban J connectivity index is 2.44. The van der Waals surface area contributed by atoms with Gasteiger partial charge in [-0.2, -0.15) is 13.2 Å². The molecule has 2 aromatic rings. The average Bonchev–Trinajstić information content (AvgIpc) is 2.55. The Labute approximate surface area is 152 Å². The van der Waals surface area contributed by atoms with E-state index in [2.05, 4.69) is 4.98 Å². The summed E-state index contributed by atoms with van der Waals surface area (Å²) in [7, 11) is 0. The number of nitrogens with zero attached hydrogens (tertiary/aromatic N) is 2. The molecule has 1 atom stereocenters. The fourth-order valence-electron chi connectivity index (χ4n) is 2.21. The van der Waals surface area contributed by atoms with Gasteiger partial charge in [0.1, 0.15) is 5.60 Å². The zero-order chi connectivity index (χ0) is 20.4. The molecular formula is C17H18F3N3O4. The molecule has 7 nitrogen and oxygen atoms in total. The standard InChI is InChI=1S/C17H18F3N3O4/c1-16(2,3)27-14(24)13(22-15(25)17(18,19)20)23(26)12-8-4-7-11-10(12)6-5-9-21-11/h4-9,13,26H,1-3H3,(H,22,25). The molecule has 2 N–H and O–H groups in total. The van der Waals surface area contributed by atoms with E-state index in [1.807, 2.05) is 0 Å². The Morgan fingerprint density at radius 3 is 2.44 bits per heavy atom. The summed E-state index contributed by atoms with van der Waals surface area (Å²) in [5.74, 6) is -3.65. The molecule has 0 aliphatic rings. The third-order valence-electron chi connectivity index (χ3n) is 3.27. The molecule has 1 heterocycles. The van der Waals surface area contributed by atoms with E-state index in [0.29, 0.717) is 10.9 Å². The highest BCUT2D eigenvalue weighted by Gasteiger charge is 2.43. The molecule has 0 aliphatic carbocycles. The Morgan fingerprint density at radius 1 is 1.19 bits per heavy atom. The first-order valence-electron chi connectivity index (χ1n) is 7.82. The Kier molecular flexibility index (Phi) is 5.59. The van der Waals surface area contributed by atoms with E-state index in [0.717, 1.165) is 0 Å². The van der Waals surface area contributed by atoms with Gasteiger partial charge < -0.3 is 10.1 Å². The van der Waals surface area contributed by atoms with Crippen molar-refractivity contribution in [1.29, 1.82) is 0 Å². The lowest BCUT2D eigenvalue weighted by molar-refractivity contribution is -0.178. The van der Waals surface area contributed by atoms with E-state index < -0.39 is 29.8 Å². The minimum atomic E-state index is -5.25. The smallest absolute Gasteiger partial charge is 0.457 e. The molecule has 1 aromatic heterocycles. The van der Waals surface area contributed by atoms with Crippen LogP contribution in [-0.4, -0.2) is 40.0 Å². The van der Waals surface area contributed by atoms with Crippen LogP contribution in [0.5, 0.6) is 0 Å². The number of esters is 1. The van der Waals surface area contributed by atoms with Gasteiger partial charge in [0.2, 0.25) is 6.17 Å². The van der Waals surface area contributed by atoms with Crippen LogP contribution in [-0.2, 0) is 14.3 Å². The van der Waals surface area contributed by atoms with Crippen molar-refractivity contribution in [3.8, 4) is 0 Å². The maximum Gasteiger partial charge on any atom is 0.471 e. The predicted octanol–water partition coefficient (Wildman–Crippen LogP) is 2.78. The first-order chi connectivity index (χ1) is 12.4.